The molecule has 1 aromatic heterocycles. The molecule has 1 aliphatic rings. The summed E-state index contributed by atoms with van der Waals surface area (Å²) >= 11 is 0. The van der Waals surface area contributed by atoms with Gasteiger partial charge in [0.2, 0.25) is 0 Å². The maximum Gasteiger partial charge on any atom is 0.193 e. The smallest absolute Gasteiger partial charge is 0.193 e. The number of aryl methyl sites for hydroxylation is 1. The van der Waals surface area contributed by atoms with E-state index in [2.05, 4.69) is 58.4 Å². The molecule has 0 aliphatic carbocycles. The fourth-order valence-electron chi connectivity index (χ4n) is 3.76. The molecule has 0 spiro atoms. The number of hydrogen-bond donors (Lipinski definition) is 2. The first kappa shape index (κ1) is 17.8. The molecule has 1 aromatic carbocycles. The van der Waals surface area contributed by atoms with Gasteiger partial charge in [-0.15, -0.1) is 0 Å². The molecule has 1 fully saturated rings. The number of aromatic amines is 1. The van der Waals surface area contributed by atoms with Gasteiger partial charge < -0.3 is 19.9 Å². The molecule has 0 amide bonds. The van der Waals surface area contributed by atoms with Gasteiger partial charge in [0.1, 0.15) is 0 Å². The maximum atomic E-state index is 5.74. The SMILES string of the molecule is CCOC1CCN(C(=NC)NCCc2c[nH]c3cccc(C)c23)CC1. The van der Waals surface area contributed by atoms with Gasteiger partial charge in [0.25, 0.3) is 0 Å². The average Bonchev–Trinajstić information content (AvgIpc) is 3.04. The summed E-state index contributed by atoms with van der Waals surface area (Å²) in [4.78, 5) is 10.2. The molecule has 0 atom stereocenters. The van der Waals surface area contributed by atoms with Crippen LogP contribution in [0, 0.1) is 6.92 Å². The maximum absolute atomic E-state index is 5.74. The van der Waals surface area contributed by atoms with E-state index in [1.54, 1.807) is 0 Å². The van der Waals surface area contributed by atoms with Crippen molar-refractivity contribution in [3.05, 3.63) is 35.5 Å². The van der Waals surface area contributed by atoms with E-state index in [4.69, 9.17) is 4.74 Å². The quantitative estimate of drug-likeness (QED) is 0.648. The van der Waals surface area contributed by atoms with Crippen LogP contribution in [0.4, 0.5) is 0 Å². The van der Waals surface area contributed by atoms with Crippen molar-refractivity contribution < 1.29 is 4.74 Å². The number of piperidine rings is 1. The van der Waals surface area contributed by atoms with Crippen molar-refractivity contribution in [1.29, 1.82) is 0 Å². The van der Waals surface area contributed by atoms with Crippen LogP contribution in [-0.2, 0) is 11.2 Å². The third kappa shape index (κ3) is 4.15. The zero-order valence-electron chi connectivity index (χ0n) is 15.6. The number of aliphatic imine (C=N–C) groups is 1. The van der Waals surface area contributed by atoms with Gasteiger partial charge in [-0.05, 0) is 50.3 Å². The number of guanidine groups is 1. The number of hydrogen-bond acceptors (Lipinski definition) is 2. The lowest BCUT2D eigenvalue weighted by Crippen LogP contribution is -2.47. The highest BCUT2D eigenvalue weighted by Gasteiger charge is 2.21. The van der Waals surface area contributed by atoms with Crippen molar-refractivity contribution in [2.24, 2.45) is 4.99 Å². The minimum atomic E-state index is 0.411. The molecule has 2 aromatic rings. The van der Waals surface area contributed by atoms with Crippen molar-refractivity contribution in [2.75, 3.05) is 33.3 Å². The molecule has 0 radical (unpaired) electrons. The monoisotopic (exact) mass is 342 g/mol. The molecule has 1 saturated heterocycles. The highest BCUT2D eigenvalue weighted by Crippen LogP contribution is 2.22. The van der Waals surface area contributed by atoms with E-state index in [1.165, 1.54) is 22.0 Å². The van der Waals surface area contributed by atoms with Crippen molar-refractivity contribution >= 4 is 16.9 Å². The van der Waals surface area contributed by atoms with Gasteiger partial charge in [0.15, 0.2) is 5.96 Å². The van der Waals surface area contributed by atoms with Gasteiger partial charge in [0, 0.05) is 50.4 Å². The number of fused-ring (bicyclic) bond motifs is 1. The van der Waals surface area contributed by atoms with Gasteiger partial charge in [-0.25, -0.2) is 0 Å². The van der Waals surface area contributed by atoms with Crippen LogP contribution in [-0.4, -0.2) is 55.2 Å². The Labute approximate surface area is 150 Å². The molecule has 0 bridgehead atoms. The summed E-state index contributed by atoms with van der Waals surface area (Å²) < 4.78 is 5.74. The third-order valence-corrected chi connectivity index (χ3v) is 5.03. The highest BCUT2D eigenvalue weighted by atomic mass is 16.5. The molecule has 2 N–H and O–H groups in total. The predicted octanol–water partition coefficient (Wildman–Crippen LogP) is 3.10. The van der Waals surface area contributed by atoms with Crippen LogP contribution in [0.5, 0.6) is 0 Å². The van der Waals surface area contributed by atoms with E-state index in [9.17, 15) is 0 Å². The number of rotatable bonds is 5. The molecule has 5 nitrogen and oxygen atoms in total. The standard InChI is InChI=1S/C20H30N4O/c1-4-25-17-9-12-24(13-10-17)20(21-3)22-11-8-16-14-23-18-7-5-6-15(2)19(16)18/h5-7,14,17,23H,4,8-13H2,1-3H3,(H,21,22). The van der Waals surface area contributed by atoms with Gasteiger partial charge >= 0.3 is 0 Å². The molecule has 0 unspecified atom stereocenters. The van der Waals surface area contributed by atoms with Crippen molar-refractivity contribution in [2.45, 2.75) is 39.2 Å². The first-order valence-corrected chi connectivity index (χ1v) is 9.35. The minimum absolute atomic E-state index is 0.411. The Morgan fingerprint density at radius 1 is 1.36 bits per heavy atom. The lowest BCUT2D eigenvalue weighted by Gasteiger charge is -2.34. The van der Waals surface area contributed by atoms with Crippen molar-refractivity contribution in [3.8, 4) is 0 Å². The Morgan fingerprint density at radius 2 is 2.16 bits per heavy atom. The van der Waals surface area contributed by atoms with Crippen LogP contribution in [0.25, 0.3) is 10.9 Å². The molecular formula is C20H30N4O. The van der Waals surface area contributed by atoms with E-state index in [0.717, 1.165) is 51.5 Å². The number of H-pyrrole nitrogens is 1. The Hall–Kier alpha value is -2.01. The van der Waals surface area contributed by atoms with Crippen molar-refractivity contribution in [3.63, 3.8) is 0 Å². The van der Waals surface area contributed by atoms with Gasteiger partial charge in [-0.3, -0.25) is 4.99 Å². The highest BCUT2D eigenvalue weighted by molar-refractivity contribution is 5.86. The summed E-state index contributed by atoms with van der Waals surface area (Å²) in [5.74, 6) is 1.01. The van der Waals surface area contributed by atoms with E-state index >= 15 is 0 Å². The summed E-state index contributed by atoms with van der Waals surface area (Å²) in [5.41, 5.74) is 3.92. The number of benzene rings is 1. The molecule has 25 heavy (non-hydrogen) atoms. The van der Waals surface area contributed by atoms with Crippen LogP contribution >= 0.6 is 0 Å². The Bertz CT molecular complexity index is 714. The van der Waals surface area contributed by atoms with Crippen molar-refractivity contribution in [1.82, 2.24) is 15.2 Å². The second-order valence-electron chi connectivity index (χ2n) is 6.68. The molecule has 3 rings (SSSR count). The third-order valence-electron chi connectivity index (χ3n) is 5.03. The summed E-state index contributed by atoms with van der Waals surface area (Å²) in [7, 11) is 1.87. The Morgan fingerprint density at radius 3 is 2.88 bits per heavy atom. The Kier molecular flexibility index (Phi) is 5.97. The van der Waals surface area contributed by atoms with Gasteiger partial charge in [0.05, 0.1) is 6.10 Å². The Balaban J connectivity index is 1.54. The number of ether oxygens (including phenoxy) is 1. The number of likely N-dealkylation sites (tertiary alicyclic amines) is 1. The number of nitrogens with one attached hydrogen (secondary N) is 2. The number of nitrogens with zero attached hydrogens (tertiary/aromatic N) is 2. The van der Waals surface area contributed by atoms with E-state index < -0.39 is 0 Å². The average molecular weight is 342 g/mol. The normalized spacial score (nSPS) is 16.6. The number of aromatic nitrogens is 1. The minimum Gasteiger partial charge on any atom is -0.378 e. The van der Waals surface area contributed by atoms with Crippen LogP contribution < -0.4 is 5.32 Å². The van der Waals surface area contributed by atoms with Crippen LogP contribution in [0.2, 0.25) is 0 Å². The summed E-state index contributed by atoms with van der Waals surface area (Å²) in [6.45, 7) is 7.96. The second-order valence-corrected chi connectivity index (χ2v) is 6.68. The first-order chi connectivity index (χ1) is 12.2. The first-order valence-electron chi connectivity index (χ1n) is 9.35. The zero-order chi connectivity index (χ0) is 17.6. The largest absolute Gasteiger partial charge is 0.378 e. The fourth-order valence-corrected chi connectivity index (χ4v) is 3.76. The van der Waals surface area contributed by atoms with E-state index in [0.29, 0.717) is 6.10 Å². The lowest BCUT2D eigenvalue weighted by atomic mass is 10.1. The van der Waals surface area contributed by atoms with E-state index in [-0.39, 0.29) is 0 Å². The molecule has 1 aliphatic heterocycles. The topological polar surface area (TPSA) is 52.6 Å². The predicted molar refractivity (Wildman–Crippen MR) is 104 cm³/mol. The summed E-state index contributed by atoms with van der Waals surface area (Å²) in [5, 5.41) is 4.89. The van der Waals surface area contributed by atoms with Crippen LogP contribution in [0.15, 0.2) is 29.4 Å². The summed E-state index contributed by atoms with van der Waals surface area (Å²) in [6, 6.07) is 6.42. The van der Waals surface area contributed by atoms with Crippen LogP contribution in [0.1, 0.15) is 30.9 Å². The molecule has 2 heterocycles. The molecular weight excluding hydrogens is 312 g/mol. The molecule has 136 valence electrons. The summed E-state index contributed by atoms with van der Waals surface area (Å²) in [6.07, 6.45) is 5.69. The van der Waals surface area contributed by atoms with Gasteiger partial charge in [-0.1, -0.05) is 12.1 Å². The van der Waals surface area contributed by atoms with E-state index in [1.807, 2.05) is 7.05 Å². The lowest BCUT2D eigenvalue weighted by molar-refractivity contribution is 0.0264. The fraction of sp³-hybridized carbons (Fsp3) is 0.550. The second kappa shape index (κ2) is 8.39. The van der Waals surface area contributed by atoms with Crippen LogP contribution in [0.3, 0.4) is 0 Å². The molecule has 5 heteroatoms. The zero-order valence-corrected chi connectivity index (χ0v) is 15.6. The molecule has 0 saturated carbocycles. The van der Waals surface area contributed by atoms with Gasteiger partial charge in [-0.2, -0.15) is 0 Å².